The molecule has 1 atom stereocenters. The van der Waals surface area contributed by atoms with E-state index in [1.807, 2.05) is 32.2 Å². The molecule has 1 aliphatic heterocycles. The van der Waals surface area contributed by atoms with E-state index < -0.39 is 0 Å². The Balaban J connectivity index is 1.42. The van der Waals surface area contributed by atoms with Crippen molar-refractivity contribution in [2.24, 2.45) is 7.05 Å². The van der Waals surface area contributed by atoms with Crippen molar-refractivity contribution in [3.63, 3.8) is 0 Å². The van der Waals surface area contributed by atoms with Crippen molar-refractivity contribution < 1.29 is 13.9 Å². The van der Waals surface area contributed by atoms with Gasteiger partial charge in [-0.3, -0.25) is 9.48 Å². The number of fused-ring (bicyclic) bond motifs is 2. The van der Waals surface area contributed by atoms with Crippen LogP contribution in [-0.4, -0.2) is 49.0 Å². The number of hydrogen-bond donors (Lipinski definition) is 3. The summed E-state index contributed by atoms with van der Waals surface area (Å²) in [5.74, 6) is 1.19. The summed E-state index contributed by atoms with van der Waals surface area (Å²) in [6.45, 7) is 3.36. The number of aromatic amines is 2. The third kappa shape index (κ3) is 4.03. The molecule has 11 heteroatoms. The average Bonchev–Trinajstić information content (AvgIpc) is 3.59. The van der Waals surface area contributed by atoms with Crippen molar-refractivity contribution in [1.29, 1.82) is 0 Å². The number of hydrogen-bond acceptors (Lipinski definition) is 8. The van der Waals surface area contributed by atoms with Crippen LogP contribution in [0.4, 0.5) is 5.69 Å². The fourth-order valence-electron chi connectivity index (χ4n) is 4.44. The van der Waals surface area contributed by atoms with Gasteiger partial charge in [0.1, 0.15) is 40.7 Å². The third-order valence-electron chi connectivity index (χ3n) is 6.21. The number of pyridine rings is 1. The highest BCUT2D eigenvalue weighted by molar-refractivity contribution is 5.96. The molecule has 0 radical (unpaired) electrons. The minimum Gasteiger partial charge on any atom is -0.490 e. The zero-order chi connectivity index (χ0) is 23.9. The van der Waals surface area contributed by atoms with Gasteiger partial charge < -0.3 is 29.2 Å². The molecular weight excluding hydrogens is 450 g/mol. The minimum atomic E-state index is -0.280. The van der Waals surface area contributed by atoms with E-state index in [-0.39, 0.29) is 17.7 Å². The summed E-state index contributed by atoms with van der Waals surface area (Å²) in [5, 5.41) is 7.98. The molecule has 0 aliphatic carbocycles. The van der Waals surface area contributed by atoms with Crippen LogP contribution < -0.4 is 15.6 Å². The lowest BCUT2D eigenvalue weighted by Crippen LogP contribution is -2.25. The number of aromatic nitrogens is 6. The van der Waals surface area contributed by atoms with Crippen LogP contribution in [0, 0.1) is 0 Å². The van der Waals surface area contributed by atoms with Gasteiger partial charge in [-0.25, -0.2) is 9.97 Å². The SMILES string of the molecule is C[C@@H](Nc1c(-c2nc3ccc(OC4CCOCC4)cc3[nH]2)c(=O)[nH]c2cn(C)nc12)c1cocn1. The normalized spacial score (nSPS) is 15.6. The molecule has 1 saturated heterocycles. The highest BCUT2D eigenvalue weighted by Gasteiger charge is 2.23. The molecule has 11 nitrogen and oxygen atoms in total. The second-order valence-electron chi connectivity index (χ2n) is 8.74. The van der Waals surface area contributed by atoms with E-state index in [0.29, 0.717) is 47.0 Å². The fourth-order valence-corrected chi connectivity index (χ4v) is 4.44. The number of nitrogens with one attached hydrogen (secondary N) is 3. The van der Waals surface area contributed by atoms with Crippen molar-refractivity contribution in [1.82, 2.24) is 29.7 Å². The molecule has 0 bridgehead atoms. The summed E-state index contributed by atoms with van der Waals surface area (Å²) in [4.78, 5) is 28.5. The maximum absolute atomic E-state index is 13.3. The van der Waals surface area contributed by atoms with Gasteiger partial charge in [0, 0.05) is 32.2 Å². The predicted octanol–water partition coefficient (Wildman–Crippen LogP) is 3.52. The number of anilines is 1. The van der Waals surface area contributed by atoms with Gasteiger partial charge in [-0.1, -0.05) is 0 Å². The highest BCUT2D eigenvalue weighted by atomic mass is 16.5. The maximum Gasteiger partial charge on any atom is 0.261 e. The fraction of sp³-hybridized carbons (Fsp3) is 0.333. The Kier molecular flexibility index (Phi) is 5.25. The van der Waals surface area contributed by atoms with Crippen LogP contribution in [0.15, 0.2) is 46.3 Å². The van der Waals surface area contributed by atoms with E-state index in [1.54, 1.807) is 17.1 Å². The molecule has 0 amide bonds. The minimum absolute atomic E-state index is 0.131. The lowest BCUT2D eigenvalue weighted by atomic mass is 10.1. The van der Waals surface area contributed by atoms with Gasteiger partial charge in [-0.2, -0.15) is 5.10 Å². The van der Waals surface area contributed by atoms with Crippen molar-refractivity contribution in [3.8, 4) is 17.1 Å². The predicted molar refractivity (Wildman–Crippen MR) is 129 cm³/mol. The zero-order valence-electron chi connectivity index (χ0n) is 19.4. The molecule has 5 heterocycles. The van der Waals surface area contributed by atoms with Gasteiger partial charge >= 0.3 is 0 Å². The summed E-state index contributed by atoms with van der Waals surface area (Å²) < 4.78 is 18.4. The van der Waals surface area contributed by atoms with Crippen LogP contribution in [0.1, 0.15) is 31.5 Å². The number of ether oxygens (including phenoxy) is 2. The van der Waals surface area contributed by atoms with Crippen LogP contribution in [-0.2, 0) is 11.8 Å². The summed E-state index contributed by atoms with van der Waals surface area (Å²) >= 11 is 0. The molecule has 180 valence electrons. The van der Waals surface area contributed by atoms with Gasteiger partial charge in [0.25, 0.3) is 5.56 Å². The molecule has 0 unspecified atom stereocenters. The number of benzene rings is 1. The largest absolute Gasteiger partial charge is 0.490 e. The summed E-state index contributed by atoms with van der Waals surface area (Å²) in [5.41, 5.74) is 4.13. The number of nitrogens with zero attached hydrogens (tertiary/aromatic N) is 4. The molecule has 4 aromatic heterocycles. The van der Waals surface area contributed by atoms with Crippen molar-refractivity contribution in [3.05, 3.63) is 53.1 Å². The molecule has 0 saturated carbocycles. The lowest BCUT2D eigenvalue weighted by molar-refractivity contribution is 0.0256. The quantitative estimate of drug-likeness (QED) is 0.339. The molecule has 1 aliphatic rings. The Labute approximate surface area is 199 Å². The van der Waals surface area contributed by atoms with Crippen molar-refractivity contribution >= 4 is 27.8 Å². The van der Waals surface area contributed by atoms with E-state index in [0.717, 1.165) is 29.6 Å². The molecule has 1 fully saturated rings. The molecule has 3 N–H and O–H groups in total. The van der Waals surface area contributed by atoms with Crippen LogP contribution in [0.25, 0.3) is 33.5 Å². The topological polar surface area (TPSA) is 136 Å². The first kappa shape index (κ1) is 21.4. The zero-order valence-corrected chi connectivity index (χ0v) is 19.4. The first-order chi connectivity index (χ1) is 17.0. The second kappa shape index (κ2) is 8.58. The van der Waals surface area contributed by atoms with E-state index in [2.05, 4.69) is 25.4 Å². The van der Waals surface area contributed by atoms with Crippen molar-refractivity contribution in [2.75, 3.05) is 18.5 Å². The second-order valence-corrected chi connectivity index (χ2v) is 8.74. The Morgan fingerprint density at radius 2 is 2.09 bits per heavy atom. The van der Waals surface area contributed by atoms with Gasteiger partial charge in [0.2, 0.25) is 0 Å². The summed E-state index contributed by atoms with van der Waals surface area (Å²) in [7, 11) is 1.81. The highest BCUT2D eigenvalue weighted by Crippen LogP contribution is 2.33. The first-order valence-corrected chi connectivity index (χ1v) is 11.5. The van der Waals surface area contributed by atoms with Gasteiger partial charge in [-0.05, 0) is 19.1 Å². The summed E-state index contributed by atoms with van der Waals surface area (Å²) in [6.07, 6.45) is 6.58. The lowest BCUT2D eigenvalue weighted by Gasteiger charge is -2.23. The van der Waals surface area contributed by atoms with Crippen LogP contribution in [0.2, 0.25) is 0 Å². The Hall–Kier alpha value is -4.12. The molecule has 5 aromatic rings. The van der Waals surface area contributed by atoms with Crippen LogP contribution in [0.5, 0.6) is 5.75 Å². The number of H-pyrrole nitrogens is 2. The summed E-state index contributed by atoms with van der Waals surface area (Å²) in [6, 6.07) is 5.48. The standard InChI is InChI=1S/C24H25N7O4/c1-13(19-11-34-12-25-19)26-22-20(24(32)29-18-10-31(2)30-21(18)22)23-27-16-4-3-15(9-17(16)28-23)35-14-5-7-33-8-6-14/h3-4,9-14,26H,5-8H2,1-2H3,(H,27,28)(H,29,32)/t13-/m1/s1. The van der Waals surface area contributed by atoms with Crippen LogP contribution in [0.3, 0.4) is 0 Å². The van der Waals surface area contributed by atoms with E-state index in [9.17, 15) is 4.79 Å². The monoisotopic (exact) mass is 475 g/mol. The average molecular weight is 476 g/mol. The van der Waals surface area contributed by atoms with E-state index in [1.165, 1.54) is 6.39 Å². The van der Waals surface area contributed by atoms with Gasteiger partial charge in [-0.15, -0.1) is 0 Å². The molecule has 35 heavy (non-hydrogen) atoms. The number of rotatable bonds is 6. The molecule has 1 aromatic carbocycles. The molecule has 6 rings (SSSR count). The Morgan fingerprint density at radius 3 is 2.89 bits per heavy atom. The van der Waals surface area contributed by atoms with E-state index >= 15 is 0 Å². The Morgan fingerprint density at radius 1 is 1.23 bits per heavy atom. The molecule has 0 spiro atoms. The van der Waals surface area contributed by atoms with Gasteiger partial charge in [0.15, 0.2) is 6.39 Å². The maximum atomic E-state index is 13.3. The number of oxazole rings is 1. The smallest absolute Gasteiger partial charge is 0.261 e. The number of aryl methyl sites for hydroxylation is 1. The third-order valence-corrected chi connectivity index (χ3v) is 6.21. The van der Waals surface area contributed by atoms with E-state index in [4.69, 9.17) is 18.9 Å². The Bertz CT molecular complexity index is 1540. The van der Waals surface area contributed by atoms with Crippen LogP contribution >= 0.6 is 0 Å². The number of imidazole rings is 1. The first-order valence-electron chi connectivity index (χ1n) is 11.5. The van der Waals surface area contributed by atoms with Gasteiger partial charge in [0.05, 0.1) is 41.5 Å². The van der Waals surface area contributed by atoms with Crippen molar-refractivity contribution in [2.45, 2.75) is 31.9 Å². The molecular formula is C24H25N7O4.